The highest BCUT2D eigenvalue weighted by Gasteiger charge is 2.23. The van der Waals surface area contributed by atoms with Crippen LogP contribution >= 0.6 is 31.9 Å². The Balaban J connectivity index is 1.83. The smallest absolute Gasteiger partial charge is 0.323 e. The number of halogens is 2. The number of likely N-dealkylation sites (tertiary alicyclic amines) is 1. The van der Waals surface area contributed by atoms with E-state index in [9.17, 15) is 9.59 Å². The van der Waals surface area contributed by atoms with Gasteiger partial charge in [0, 0.05) is 27.7 Å². The number of rotatable bonds is 3. The van der Waals surface area contributed by atoms with Gasteiger partial charge in [-0.1, -0.05) is 34.1 Å². The molecule has 0 unspecified atom stereocenters. The third kappa shape index (κ3) is 4.65. The summed E-state index contributed by atoms with van der Waals surface area (Å²) in [6, 6.07) is 12.3. The second-order valence-electron chi connectivity index (χ2n) is 6.11. The van der Waals surface area contributed by atoms with Crippen LogP contribution in [0, 0.1) is 0 Å². The van der Waals surface area contributed by atoms with E-state index in [1.165, 1.54) is 0 Å². The molecule has 2 aromatic carbocycles. The Labute approximate surface area is 169 Å². The number of nitrogens with zero attached hydrogens (tertiary/aromatic N) is 1. The minimum atomic E-state index is -0.396. The molecular weight excluding hydrogens is 462 g/mol. The third-order valence-corrected chi connectivity index (χ3v) is 5.28. The molecular formula is C19H19Br2N3O2. The van der Waals surface area contributed by atoms with Gasteiger partial charge in [0.2, 0.25) is 0 Å². The molecule has 2 aromatic rings. The normalized spacial score (nSPS) is 14.0. The molecule has 3 rings (SSSR count). The third-order valence-electron chi connectivity index (χ3n) is 4.20. The summed E-state index contributed by atoms with van der Waals surface area (Å²) in [5.74, 6) is -0.0679. The van der Waals surface area contributed by atoms with Crippen LogP contribution in [-0.4, -0.2) is 29.9 Å². The average Bonchev–Trinajstić information content (AvgIpc) is 2.64. The Hall–Kier alpha value is -1.86. The zero-order valence-electron chi connectivity index (χ0n) is 14.1. The lowest BCUT2D eigenvalue weighted by molar-refractivity contribution is 0.0725. The lowest BCUT2D eigenvalue weighted by Crippen LogP contribution is -2.36. The van der Waals surface area contributed by atoms with Crippen LogP contribution in [0.3, 0.4) is 0 Å². The van der Waals surface area contributed by atoms with Gasteiger partial charge in [0.15, 0.2) is 0 Å². The fourth-order valence-corrected chi connectivity index (χ4v) is 4.26. The van der Waals surface area contributed by atoms with Crippen LogP contribution in [0.2, 0.25) is 0 Å². The molecule has 2 N–H and O–H groups in total. The summed E-state index contributed by atoms with van der Waals surface area (Å²) in [7, 11) is 0. The van der Waals surface area contributed by atoms with Gasteiger partial charge in [-0.15, -0.1) is 0 Å². The van der Waals surface area contributed by atoms with Crippen molar-refractivity contribution >= 4 is 55.2 Å². The van der Waals surface area contributed by atoms with Crippen molar-refractivity contribution < 1.29 is 9.59 Å². The predicted molar refractivity (Wildman–Crippen MR) is 111 cm³/mol. The van der Waals surface area contributed by atoms with Crippen molar-refractivity contribution in [1.29, 1.82) is 0 Å². The molecule has 0 radical (unpaired) electrons. The highest BCUT2D eigenvalue weighted by Crippen LogP contribution is 2.32. The first-order chi connectivity index (χ1) is 12.5. The van der Waals surface area contributed by atoms with Crippen molar-refractivity contribution in [3.63, 3.8) is 0 Å². The Morgan fingerprint density at radius 1 is 0.923 bits per heavy atom. The molecule has 1 aliphatic rings. The molecule has 1 saturated heterocycles. The SMILES string of the molecule is O=C(Nc1ccccc1)Nc1c(Br)cc(Br)cc1C(=O)N1CCCCC1. The maximum atomic E-state index is 13.0. The number of urea groups is 1. The molecule has 1 heterocycles. The lowest BCUT2D eigenvalue weighted by atomic mass is 10.1. The van der Waals surface area contributed by atoms with E-state index in [-0.39, 0.29) is 5.91 Å². The van der Waals surface area contributed by atoms with Crippen LogP contribution in [0.1, 0.15) is 29.6 Å². The molecule has 0 bridgehead atoms. The largest absolute Gasteiger partial charge is 0.339 e. The van der Waals surface area contributed by atoms with Crippen molar-refractivity contribution in [2.24, 2.45) is 0 Å². The van der Waals surface area contributed by atoms with Gasteiger partial charge in [0.25, 0.3) is 5.91 Å². The summed E-state index contributed by atoms with van der Waals surface area (Å²) in [5.41, 5.74) is 1.62. The number of para-hydroxylation sites is 1. The van der Waals surface area contributed by atoms with E-state index >= 15 is 0 Å². The number of carbonyl (C=O) groups excluding carboxylic acids is 2. The molecule has 26 heavy (non-hydrogen) atoms. The molecule has 0 aromatic heterocycles. The van der Waals surface area contributed by atoms with Crippen molar-refractivity contribution in [3.8, 4) is 0 Å². The predicted octanol–water partition coefficient (Wildman–Crippen LogP) is 5.48. The molecule has 0 atom stereocenters. The number of hydrogen-bond acceptors (Lipinski definition) is 2. The van der Waals surface area contributed by atoms with Crippen LogP contribution in [0.15, 0.2) is 51.4 Å². The Morgan fingerprint density at radius 3 is 2.31 bits per heavy atom. The van der Waals surface area contributed by atoms with Crippen molar-refractivity contribution in [2.75, 3.05) is 23.7 Å². The van der Waals surface area contributed by atoms with E-state index in [4.69, 9.17) is 0 Å². The fourth-order valence-electron chi connectivity index (χ4n) is 2.93. The Morgan fingerprint density at radius 2 is 1.62 bits per heavy atom. The van der Waals surface area contributed by atoms with Gasteiger partial charge in [0.1, 0.15) is 0 Å². The number of hydrogen-bond donors (Lipinski definition) is 2. The number of amides is 3. The van der Waals surface area contributed by atoms with Crippen LogP contribution in [-0.2, 0) is 0 Å². The zero-order valence-corrected chi connectivity index (χ0v) is 17.3. The van der Waals surface area contributed by atoms with Crippen molar-refractivity contribution in [1.82, 2.24) is 4.90 Å². The second kappa shape index (κ2) is 8.68. The van der Waals surface area contributed by atoms with E-state index in [0.717, 1.165) is 36.8 Å². The molecule has 3 amide bonds. The monoisotopic (exact) mass is 479 g/mol. The molecule has 0 saturated carbocycles. The lowest BCUT2D eigenvalue weighted by Gasteiger charge is -2.28. The highest BCUT2D eigenvalue weighted by atomic mass is 79.9. The second-order valence-corrected chi connectivity index (χ2v) is 7.88. The first kappa shape index (κ1) is 18.9. The van der Waals surface area contributed by atoms with Crippen LogP contribution in [0.5, 0.6) is 0 Å². The minimum Gasteiger partial charge on any atom is -0.339 e. The topological polar surface area (TPSA) is 61.4 Å². The summed E-state index contributed by atoms with van der Waals surface area (Å²) in [6.45, 7) is 1.50. The summed E-state index contributed by atoms with van der Waals surface area (Å²) < 4.78 is 1.43. The maximum Gasteiger partial charge on any atom is 0.323 e. The maximum absolute atomic E-state index is 13.0. The number of benzene rings is 2. The minimum absolute atomic E-state index is 0.0679. The van der Waals surface area contributed by atoms with Crippen molar-refractivity contribution in [3.05, 3.63) is 57.0 Å². The van der Waals surface area contributed by atoms with E-state index in [0.29, 0.717) is 21.4 Å². The van der Waals surface area contributed by atoms with E-state index in [1.807, 2.05) is 29.2 Å². The first-order valence-corrected chi connectivity index (χ1v) is 10.0. The number of nitrogens with one attached hydrogen (secondary N) is 2. The standard InChI is InChI=1S/C19H19Br2N3O2/c20-13-11-15(18(25)24-9-5-2-6-10-24)17(16(21)12-13)23-19(26)22-14-7-3-1-4-8-14/h1,3-4,7-8,11-12H,2,5-6,9-10H2,(H2,22,23,26). The van der Waals surface area contributed by atoms with Crippen LogP contribution < -0.4 is 10.6 Å². The number of piperidine rings is 1. The van der Waals surface area contributed by atoms with E-state index in [1.54, 1.807) is 18.2 Å². The van der Waals surface area contributed by atoms with Crippen molar-refractivity contribution in [2.45, 2.75) is 19.3 Å². The van der Waals surface area contributed by atoms with Gasteiger partial charge in [-0.05, 0) is 59.5 Å². The highest BCUT2D eigenvalue weighted by molar-refractivity contribution is 9.11. The summed E-state index contributed by atoms with van der Waals surface area (Å²) >= 11 is 6.89. The molecule has 1 fully saturated rings. The molecule has 7 heteroatoms. The van der Waals surface area contributed by atoms with Gasteiger partial charge < -0.3 is 15.5 Å². The first-order valence-electron chi connectivity index (χ1n) is 8.46. The van der Waals surface area contributed by atoms with Gasteiger partial charge in [-0.2, -0.15) is 0 Å². The number of anilines is 2. The zero-order chi connectivity index (χ0) is 18.5. The quantitative estimate of drug-likeness (QED) is 0.610. The Bertz CT molecular complexity index is 806. The van der Waals surface area contributed by atoms with Gasteiger partial charge in [0.05, 0.1) is 11.3 Å². The van der Waals surface area contributed by atoms with E-state index < -0.39 is 6.03 Å². The summed E-state index contributed by atoms with van der Waals surface area (Å²) in [5, 5.41) is 5.58. The Kier molecular flexibility index (Phi) is 6.32. The fraction of sp³-hybridized carbons (Fsp3) is 0.263. The van der Waals surface area contributed by atoms with E-state index in [2.05, 4.69) is 42.5 Å². The molecule has 0 aliphatic carbocycles. The van der Waals surface area contributed by atoms with Gasteiger partial charge >= 0.3 is 6.03 Å². The van der Waals surface area contributed by atoms with Crippen LogP contribution in [0.25, 0.3) is 0 Å². The average molecular weight is 481 g/mol. The van der Waals surface area contributed by atoms with Crippen LogP contribution in [0.4, 0.5) is 16.2 Å². The summed E-state index contributed by atoms with van der Waals surface area (Å²) in [4.78, 5) is 27.2. The summed E-state index contributed by atoms with van der Waals surface area (Å²) in [6.07, 6.45) is 3.17. The molecule has 5 nitrogen and oxygen atoms in total. The van der Waals surface area contributed by atoms with Gasteiger partial charge in [-0.25, -0.2) is 4.79 Å². The number of carbonyl (C=O) groups is 2. The molecule has 136 valence electrons. The molecule has 0 spiro atoms. The molecule has 1 aliphatic heterocycles. The van der Waals surface area contributed by atoms with Gasteiger partial charge in [-0.3, -0.25) is 4.79 Å².